The van der Waals surface area contributed by atoms with Crippen molar-refractivity contribution in [3.63, 3.8) is 0 Å². The van der Waals surface area contributed by atoms with Crippen LogP contribution in [0.25, 0.3) is 166 Å². The Morgan fingerprint density at radius 1 is 0.175 bits per heavy atom. The van der Waals surface area contributed by atoms with Gasteiger partial charge in [0.05, 0.1) is 44.1 Å². The molecule has 0 N–H and O–H groups in total. The van der Waals surface area contributed by atoms with E-state index in [0.717, 1.165) is 5.69 Å². The van der Waals surface area contributed by atoms with Crippen LogP contribution in [0.15, 0.2) is 352 Å². The van der Waals surface area contributed by atoms with Gasteiger partial charge in [0.1, 0.15) is 0 Å². The summed E-state index contributed by atoms with van der Waals surface area (Å²) in [5.74, 6) is 0. The Morgan fingerprint density at radius 3 is 0.887 bits per heavy atom. The van der Waals surface area contributed by atoms with Crippen molar-refractivity contribution in [3.8, 4) is 78.4 Å². The molecule has 0 unspecified atom stereocenters. The fourth-order valence-corrected chi connectivity index (χ4v) is 16.0. The second-order valence-electron chi connectivity index (χ2n) is 26.4. The van der Waals surface area contributed by atoms with Gasteiger partial charge in [0.15, 0.2) is 0 Å². The van der Waals surface area contributed by atoms with Gasteiger partial charge in [-0.05, 0) is 194 Å². The third-order valence-electron chi connectivity index (χ3n) is 20.6. The molecule has 0 amide bonds. The Kier molecular flexibility index (Phi) is 12.9. The van der Waals surface area contributed by atoms with Gasteiger partial charge < -0.3 is 18.3 Å². The first kappa shape index (κ1) is 56.1. The van der Waals surface area contributed by atoms with Crippen LogP contribution in [0.3, 0.4) is 0 Å². The molecule has 456 valence electrons. The Labute approximate surface area is 562 Å². The second kappa shape index (κ2) is 22.3. The predicted molar refractivity (Wildman–Crippen MR) is 410 cm³/mol. The van der Waals surface area contributed by atoms with Crippen molar-refractivity contribution in [3.05, 3.63) is 363 Å². The Balaban J connectivity index is 0.000000137. The highest BCUT2D eigenvalue weighted by Crippen LogP contribution is 2.50. The summed E-state index contributed by atoms with van der Waals surface area (Å²) in [4.78, 5) is 0. The summed E-state index contributed by atoms with van der Waals surface area (Å²) in [5, 5.41) is 10.1. The first-order valence-corrected chi connectivity index (χ1v) is 33.6. The van der Waals surface area contributed by atoms with E-state index < -0.39 is 0 Å². The van der Waals surface area contributed by atoms with Gasteiger partial charge in [0.2, 0.25) is 0 Å². The van der Waals surface area contributed by atoms with Crippen LogP contribution in [0.1, 0.15) is 25.0 Å². The first-order valence-electron chi connectivity index (χ1n) is 33.6. The molecule has 97 heavy (non-hydrogen) atoms. The highest BCUT2D eigenvalue weighted by molar-refractivity contribution is 6.15. The average molecular weight is 1240 g/mol. The van der Waals surface area contributed by atoms with E-state index in [1.165, 1.54) is 171 Å². The molecule has 4 heterocycles. The molecular weight excluding hydrogens is 1170 g/mol. The molecule has 20 rings (SSSR count). The molecule has 0 spiro atoms. The number of fused-ring (bicyclic) bond motifs is 15. The number of nitrogens with zero attached hydrogens (tertiary/aromatic N) is 4. The molecule has 4 aromatic heterocycles. The van der Waals surface area contributed by atoms with E-state index in [0.29, 0.717) is 0 Å². The molecule has 0 atom stereocenters. The standard InChI is InChI=1S/C48H32N2.C45H32N2/c1-4-14-33(15-5-1)37-28-38(34-16-6-2-7-17-34)30-40(29-37)50-46-23-13-11-21-42(46)44-32-36(25-27-48(44)50)35-24-26-47-43(31-35)41-20-10-12-22-45(41)49(47)39-18-8-3-9-19-39;1-45(2)39-17-9-6-14-33(39)34-23-22-32(28-40(34)45)47-42-19-11-8-16-36(42)38-27-30(21-25-44(38)47)29-20-24-43-37(26-29)35-15-7-10-18-41(35)46(43)31-12-4-3-5-13-31/h1-32H;3-28H,1-2H3. The maximum Gasteiger partial charge on any atom is 0.0541 e. The average Bonchev–Trinajstić information content (AvgIpc) is 1.64. The zero-order valence-electron chi connectivity index (χ0n) is 53.8. The van der Waals surface area contributed by atoms with Gasteiger partial charge in [0.25, 0.3) is 0 Å². The number of hydrogen-bond donors (Lipinski definition) is 0. The Morgan fingerprint density at radius 2 is 0.485 bits per heavy atom. The van der Waals surface area contributed by atoms with Crippen molar-refractivity contribution in [2.75, 3.05) is 0 Å². The summed E-state index contributed by atoms with van der Waals surface area (Å²) in [7, 11) is 0. The predicted octanol–water partition coefficient (Wildman–Crippen LogP) is 24.7. The topological polar surface area (TPSA) is 19.7 Å². The van der Waals surface area contributed by atoms with Crippen LogP contribution < -0.4 is 0 Å². The van der Waals surface area contributed by atoms with Crippen molar-refractivity contribution >= 4 is 87.2 Å². The summed E-state index contributed by atoms with van der Waals surface area (Å²) < 4.78 is 9.63. The molecule has 15 aromatic carbocycles. The van der Waals surface area contributed by atoms with Gasteiger partial charge in [-0.3, -0.25) is 0 Å². The number of benzene rings is 15. The fourth-order valence-electron chi connectivity index (χ4n) is 16.0. The molecular formula is C93H64N4. The summed E-state index contributed by atoms with van der Waals surface area (Å²) in [6.45, 7) is 4.71. The van der Waals surface area contributed by atoms with Gasteiger partial charge in [-0.2, -0.15) is 0 Å². The molecule has 4 nitrogen and oxygen atoms in total. The fraction of sp³-hybridized carbons (Fsp3) is 0.0323. The lowest BCUT2D eigenvalue weighted by atomic mass is 9.82. The summed E-state index contributed by atoms with van der Waals surface area (Å²) >= 11 is 0. The van der Waals surface area contributed by atoms with Crippen LogP contribution in [0.4, 0.5) is 0 Å². The van der Waals surface area contributed by atoms with E-state index >= 15 is 0 Å². The minimum Gasteiger partial charge on any atom is -0.309 e. The van der Waals surface area contributed by atoms with Crippen molar-refractivity contribution in [2.24, 2.45) is 0 Å². The van der Waals surface area contributed by atoms with Gasteiger partial charge in [0, 0.05) is 71.3 Å². The van der Waals surface area contributed by atoms with E-state index in [9.17, 15) is 0 Å². The van der Waals surface area contributed by atoms with Gasteiger partial charge in [-0.1, -0.05) is 238 Å². The molecule has 1 aliphatic carbocycles. The van der Waals surface area contributed by atoms with Crippen molar-refractivity contribution in [1.29, 1.82) is 0 Å². The smallest absolute Gasteiger partial charge is 0.0541 e. The summed E-state index contributed by atoms with van der Waals surface area (Å²) in [6.07, 6.45) is 0. The largest absolute Gasteiger partial charge is 0.309 e. The molecule has 0 saturated carbocycles. The first-order chi connectivity index (χ1) is 47.9. The molecule has 0 radical (unpaired) electrons. The van der Waals surface area contributed by atoms with Gasteiger partial charge in [-0.25, -0.2) is 0 Å². The number of para-hydroxylation sites is 6. The monoisotopic (exact) mass is 1240 g/mol. The van der Waals surface area contributed by atoms with Crippen molar-refractivity contribution in [1.82, 2.24) is 18.3 Å². The van der Waals surface area contributed by atoms with E-state index in [4.69, 9.17) is 0 Å². The van der Waals surface area contributed by atoms with Crippen LogP contribution >= 0.6 is 0 Å². The number of rotatable bonds is 8. The molecule has 4 heteroatoms. The molecule has 0 aliphatic heterocycles. The van der Waals surface area contributed by atoms with Crippen LogP contribution in [0, 0.1) is 0 Å². The van der Waals surface area contributed by atoms with Gasteiger partial charge in [-0.15, -0.1) is 0 Å². The maximum atomic E-state index is 2.45. The second-order valence-corrected chi connectivity index (χ2v) is 26.4. The Bertz CT molecular complexity index is 6260. The highest BCUT2D eigenvalue weighted by Gasteiger charge is 2.35. The lowest BCUT2D eigenvalue weighted by Gasteiger charge is -2.22. The van der Waals surface area contributed by atoms with E-state index in [1.807, 2.05) is 0 Å². The van der Waals surface area contributed by atoms with Crippen molar-refractivity contribution < 1.29 is 0 Å². The quantitative estimate of drug-likeness (QED) is 0.144. The molecule has 0 saturated heterocycles. The number of aromatic nitrogens is 4. The maximum absolute atomic E-state index is 2.45. The third-order valence-corrected chi connectivity index (χ3v) is 20.6. The minimum absolute atomic E-state index is 0.0455. The highest BCUT2D eigenvalue weighted by atomic mass is 15.0. The lowest BCUT2D eigenvalue weighted by Crippen LogP contribution is -2.15. The van der Waals surface area contributed by atoms with Crippen molar-refractivity contribution in [2.45, 2.75) is 19.3 Å². The zero-order chi connectivity index (χ0) is 64.3. The normalized spacial score (nSPS) is 12.5. The molecule has 19 aromatic rings. The van der Waals surface area contributed by atoms with E-state index in [-0.39, 0.29) is 5.41 Å². The molecule has 0 fully saturated rings. The van der Waals surface area contributed by atoms with Crippen LogP contribution in [0.2, 0.25) is 0 Å². The Hall–Kier alpha value is -12.5. The zero-order valence-corrected chi connectivity index (χ0v) is 53.8. The van der Waals surface area contributed by atoms with E-state index in [1.54, 1.807) is 0 Å². The van der Waals surface area contributed by atoms with E-state index in [2.05, 4.69) is 384 Å². The lowest BCUT2D eigenvalue weighted by molar-refractivity contribution is 0.660. The third kappa shape index (κ3) is 9.05. The minimum atomic E-state index is -0.0455. The molecule has 1 aliphatic rings. The van der Waals surface area contributed by atoms with Crippen LogP contribution in [0.5, 0.6) is 0 Å². The van der Waals surface area contributed by atoms with Gasteiger partial charge >= 0.3 is 0 Å². The number of hydrogen-bond acceptors (Lipinski definition) is 0. The summed E-state index contributed by atoms with van der Waals surface area (Å²) in [6, 6.07) is 129. The van der Waals surface area contributed by atoms with Crippen LogP contribution in [-0.4, -0.2) is 18.3 Å². The summed E-state index contributed by atoms with van der Waals surface area (Å²) in [5.41, 5.74) is 29.6. The van der Waals surface area contributed by atoms with Crippen LogP contribution in [-0.2, 0) is 5.41 Å². The molecule has 0 bridgehead atoms. The SMILES string of the molecule is CC1(C)c2ccccc2-c2ccc(-n3c4ccccc4c4cc(-c5ccc6c(c5)c5ccccc5n6-c5ccccc5)ccc43)cc21.c1ccc(-c2cc(-c3ccccc3)cc(-n3c4ccccc4c4cc(-c5ccc6c(c5)c5ccccc5n6-c5ccccc5)ccc43)c2)cc1.